The number of piperazine rings is 1. The second-order valence-electron chi connectivity index (χ2n) is 7.37. The highest BCUT2D eigenvalue weighted by Crippen LogP contribution is 2.33. The number of aryl methyl sites for hydroxylation is 1. The van der Waals surface area contributed by atoms with Gasteiger partial charge >= 0.3 is 0 Å². The second-order valence-corrected chi connectivity index (χ2v) is 10.2. The van der Waals surface area contributed by atoms with Gasteiger partial charge in [0, 0.05) is 44.4 Å². The van der Waals surface area contributed by atoms with Crippen LogP contribution in [0.4, 0.5) is 0 Å². The fourth-order valence-electron chi connectivity index (χ4n) is 3.68. The quantitative estimate of drug-likeness (QED) is 0.554. The Bertz CT molecular complexity index is 956. The van der Waals surface area contributed by atoms with Gasteiger partial charge in [-0.1, -0.05) is 25.5 Å². The van der Waals surface area contributed by atoms with Crippen LogP contribution in [0.25, 0.3) is 0 Å². The highest BCUT2D eigenvalue weighted by atomic mass is 79.9. The van der Waals surface area contributed by atoms with Gasteiger partial charge < -0.3 is 9.47 Å². The Kier molecular flexibility index (Phi) is 7.79. The van der Waals surface area contributed by atoms with E-state index in [1.165, 1.54) is 5.56 Å². The van der Waals surface area contributed by atoms with E-state index in [0.29, 0.717) is 37.6 Å². The third-order valence-electron chi connectivity index (χ3n) is 5.38. The van der Waals surface area contributed by atoms with Crippen LogP contribution in [0, 0.1) is 0 Å². The number of ether oxygens (including phenoxy) is 2. The molecule has 8 heteroatoms. The number of nitrogens with zero attached hydrogens (tertiary/aromatic N) is 2. The van der Waals surface area contributed by atoms with Crippen LogP contribution in [0.2, 0.25) is 0 Å². The third-order valence-corrected chi connectivity index (χ3v) is 7.91. The van der Waals surface area contributed by atoms with E-state index >= 15 is 0 Å². The van der Waals surface area contributed by atoms with Crippen molar-refractivity contribution in [2.75, 3.05) is 40.4 Å². The van der Waals surface area contributed by atoms with Crippen LogP contribution in [-0.4, -0.2) is 58.0 Å². The van der Waals surface area contributed by atoms with Gasteiger partial charge in [-0.2, -0.15) is 4.31 Å². The zero-order valence-electron chi connectivity index (χ0n) is 17.7. The molecule has 1 aliphatic heterocycles. The summed E-state index contributed by atoms with van der Waals surface area (Å²) in [5.74, 6) is 1.48. The minimum absolute atomic E-state index is 0.372. The summed E-state index contributed by atoms with van der Waals surface area (Å²) < 4.78 is 39.3. The van der Waals surface area contributed by atoms with Crippen LogP contribution < -0.4 is 9.47 Å². The molecule has 0 saturated carbocycles. The first-order chi connectivity index (χ1) is 14.4. The first kappa shape index (κ1) is 23.1. The Labute approximate surface area is 188 Å². The Morgan fingerprint density at radius 1 is 0.967 bits per heavy atom. The van der Waals surface area contributed by atoms with Crippen LogP contribution in [0.1, 0.15) is 24.5 Å². The molecule has 2 aromatic carbocycles. The van der Waals surface area contributed by atoms with Gasteiger partial charge in [-0.3, -0.25) is 4.90 Å². The van der Waals surface area contributed by atoms with E-state index in [-0.39, 0.29) is 0 Å². The molecule has 30 heavy (non-hydrogen) atoms. The zero-order chi connectivity index (χ0) is 21.7. The Morgan fingerprint density at radius 3 is 2.17 bits per heavy atom. The molecule has 0 radical (unpaired) electrons. The summed E-state index contributed by atoms with van der Waals surface area (Å²) in [5.41, 5.74) is 2.20. The van der Waals surface area contributed by atoms with E-state index in [2.05, 4.69) is 27.8 Å². The van der Waals surface area contributed by atoms with E-state index in [4.69, 9.17) is 9.47 Å². The molecular formula is C22H29BrN2O4S. The molecule has 6 nitrogen and oxygen atoms in total. The fraction of sp³-hybridized carbons (Fsp3) is 0.455. The molecule has 3 rings (SSSR count). The molecule has 0 spiro atoms. The van der Waals surface area contributed by atoms with Crippen molar-refractivity contribution in [3.63, 3.8) is 0 Å². The van der Waals surface area contributed by atoms with Crippen molar-refractivity contribution >= 4 is 26.0 Å². The van der Waals surface area contributed by atoms with Gasteiger partial charge in [0.1, 0.15) is 11.5 Å². The van der Waals surface area contributed by atoms with Crippen molar-refractivity contribution in [2.24, 2.45) is 0 Å². The summed E-state index contributed by atoms with van der Waals surface area (Å²) >= 11 is 3.53. The molecule has 164 valence electrons. The monoisotopic (exact) mass is 496 g/mol. The van der Waals surface area contributed by atoms with Gasteiger partial charge in [-0.15, -0.1) is 0 Å². The maximum Gasteiger partial charge on any atom is 0.243 e. The third kappa shape index (κ3) is 5.17. The molecular weight excluding hydrogens is 468 g/mol. The van der Waals surface area contributed by atoms with E-state index < -0.39 is 10.0 Å². The van der Waals surface area contributed by atoms with Crippen molar-refractivity contribution in [2.45, 2.75) is 31.2 Å². The lowest BCUT2D eigenvalue weighted by atomic mass is 10.1. The van der Waals surface area contributed by atoms with Crippen molar-refractivity contribution in [3.05, 3.63) is 52.0 Å². The van der Waals surface area contributed by atoms with Crippen LogP contribution in [0.5, 0.6) is 11.5 Å². The smallest absolute Gasteiger partial charge is 0.243 e. The summed E-state index contributed by atoms with van der Waals surface area (Å²) in [4.78, 5) is 2.62. The molecule has 0 unspecified atom stereocenters. The van der Waals surface area contributed by atoms with Crippen LogP contribution >= 0.6 is 15.9 Å². The Morgan fingerprint density at radius 2 is 1.60 bits per heavy atom. The van der Waals surface area contributed by atoms with Gasteiger partial charge in [-0.05, 0) is 46.1 Å². The van der Waals surface area contributed by atoms with E-state index in [1.807, 2.05) is 24.3 Å². The standard InChI is InChI=1S/C22H29BrN2O4S/c1-4-5-17-6-8-19(9-7-17)30(26,27)25-12-10-24(11-13-25)16-18-14-20(23)22(29-3)15-21(18)28-2/h6-9,14-15H,4-5,10-13,16H2,1-3H3. The van der Waals surface area contributed by atoms with E-state index in [1.54, 1.807) is 30.7 Å². The van der Waals surface area contributed by atoms with Gasteiger partial charge in [0.2, 0.25) is 10.0 Å². The van der Waals surface area contributed by atoms with Crippen molar-refractivity contribution in [1.29, 1.82) is 0 Å². The molecule has 0 aromatic heterocycles. The maximum absolute atomic E-state index is 13.0. The average Bonchev–Trinajstić information content (AvgIpc) is 2.75. The number of methoxy groups -OCH3 is 2. The molecule has 1 saturated heterocycles. The van der Waals surface area contributed by atoms with Gasteiger partial charge in [-0.25, -0.2) is 8.42 Å². The highest BCUT2D eigenvalue weighted by molar-refractivity contribution is 9.10. The van der Waals surface area contributed by atoms with E-state index in [0.717, 1.165) is 34.4 Å². The highest BCUT2D eigenvalue weighted by Gasteiger charge is 2.28. The number of hydrogen-bond donors (Lipinski definition) is 0. The van der Waals surface area contributed by atoms with Gasteiger partial charge in [0.05, 0.1) is 23.6 Å². The topological polar surface area (TPSA) is 59.1 Å². The molecule has 0 amide bonds. The van der Waals surface area contributed by atoms with E-state index in [9.17, 15) is 8.42 Å². The summed E-state index contributed by atoms with van der Waals surface area (Å²) in [7, 11) is -0.198. The summed E-state index contributed by atoms with van der Waals surface area (Å²) in [6.45, 7) is 5.08. The minimum Gasteiger partial charge on any atom is -0.496 e. The van der Waals surface area contributed by atoms with Crippen LogP contribution in [-0.2, 0) is 23.0 Å². The molecule has 0 atom stereocenters. The maximum atomic E-state index is 13.0. The average molecular weight is 497 g/mol. The predicted octanol–water partition coefficient (Wildman–Crippen LogP) is 3.93. The lowest BCUT2D eigenvalue weighted by molar-refractivity contribution is 0.180. The molecule has 0 aliphatic carbocycles. The van der Waals surface area contributed by atoms with Crippen molar-refractivity contribution in [3.8, 4) is 11.5 Å². The molecule has 0 N–H and O–H groups in total. The number of sulfonamides is 1. The van der Waals surface area contributed by atoms with Crippen molar-refractivity contribution < 1.29 is 17.9 Å². The first-order valence-corrected chi connectivity index (χ1v) is 12.3. The lowest BCUT2D eigenvalue weighted by Crippen LogP contribution is -2.48. The number of benzene rings is 2. The minimum atomic E-state index is -3.46. The van der Waals surface area contributed by atoms with Crippen LogP contribution in [0.3, 0.4) is 0 Å². The normalized spacial score (nSPS) is 15.9. The molecule has 1 heterocycles. The predicted molar refractivity (Wildman–Crippen MR) is 122 cm³/mol. The molecule has 1 fully saturated rings. The summed E-state index contributed by atoms with van der Waals surface area (Å²) in [6.07, 6.45) is 2.01. The largest absolute Gasteiger partial charge is 0.496 e. The van der Waals surface area contributed by atoms with Crippen molar-refractivity contribution in [1.82, 2.24) is 9.21 Å². The zero-order valence-corrected chi connectivity index (χ0v) is 20.1. The SMILES string of the molecule is CCCc1ccc(S(=O)(=O)N2CCN(Cc3cc(Br)c(OC)cc3OC)CC2)cc1. The molecule has 1 aliphatic rings. The number of hydrogen-bond acceptors (Lipinski definition) is 5. The van der Waals surface area contributed by atoms with Gasteiger partial charge in [0.15, 0.2) is 0 Å². The number of rotatable bonds is 8. The summed E-state index contributed by atoms with van der Waals surface area (Å²) in [5, 5.41) is 0. The van der Waals surface area contributed by atoms with Crippen LogP contribution in [0.15, 0.2) is 45.8 Å². The number of halogens is 1. The van der Waals surface area contributed by atoms with Gasteiger partial charge in [0.25, 0.3) is 0 Å². The molecule has 0 bridgehead atoms. The summed E-state index contributed by atoms with van der Waals surface area (Å²) in [6, 6.07) is 11.2. The Balaban J connectivity index is 1.65. The lowest BCUT2D eigenvalue weighted by Gasteiger charge is -2.34. The first-order valence-electron chi connectivity index (χ1n) is 10.1. The fourth-order valence-corrected chi connectivity index (χ4v) is 5.66. The molecule has 2 aromatic rings. The second kappa shape index (κ2) is 10.1. The Hall–Kier alpha value is -1.61.